The summed E-state index contributed by atoms with van der Waals surface area (Å²) in [6, 6.07) is 14.3. The van der Waals surface area contributed by atoms with Crippen LogP contribution in [0.25, 0.3) is 0 Å². The minimum absolute atomic E-state index is 0.0610. The maximum Gasteiger partial charge on any atom is 0.269 e. The van der Waals surface area contributed by atoms with Crippen LogP contribution in [0.1, 0.15) is 30.0 Å². The molecule has 2 aromatic carbocycles. The van der Waals surface area contributed by atoms with E-state index >= 15 is 0 Å². The molecule has 3 aliphatic rings. The van der Waals surface area contributed by atoms with Crippen molar-refractivity contribution in [2.75, 3.05) is 0 Å². The molecule has 5 atom stereocenters. The normalized spacial score (nSPS) is 25.9. The van der Waals surface area contributed by atoms with Crippen LogP contribution in [-0.4, -0.2) is 27.5 Å². The van der Waals surface area contributed by atoms with E-state index in [9.17, 15) is 24.5 Å². The van der Waals surface area contributed by atoms with Crippen LogP contribution in [0.3, 0.4) is 0 Å². The van der Waals surface area contributed by atoms with Gasteiger partial charge in [-0.1, -0.05) is 54.6 Å². The van der Waals surface area contributed by atoms with Crippen LogP contribution in [0, 0.1) is 33.8 Å². The molecule has 1 saturated heterocycles. The first-order valence-electron chi connectivity index (χ1n) is 11.0. The molecule has 0 aromatic heterocycles. The minimum Gasteiger partial charge on any atom is -0.352 e. The molecular formula is C25H23N3O5. The van der Waals surface area contributed by atoms with Gasteiger partial charge in [0.2, 0.25) is 17.7 Å². The molecule has 2 bridgehead atoms. The Morgan fingerprint density at radius 1 is 1.00 bits per heavy atom. The molecule has 0 radical (unpaired) electrons. The number of nitrogens with zero attached hydrogens (tertiary/aromatic N) is 2. The topological polar surface area (TPSA) is 110 Å². The number of likely N-dealkylation sites (tertiary alicyclic amines) is 1. The summed E-state index contributed by atoms with van der Waals surface area (Å²) in [5.41, 5.74) is 1.37. The minimum atomic E-state index is -0.813. The highest BCUT2D eigenvalue weighted by atomic mass is 16.6. The van der Waals surface area contributed by atoms with Gasteiger partial charge in [0, 0.05) is 18.7 Å². The molecule has 8 nitrogen and oxygen atoms in total. The summed E-state index contributed by atoms with van der Waals surface area (Å²) in [6.07, 6.45) is 4.76. The molecule has 168 valence electrons. The lowest BCUT2D eigenvalue weighted by Crippen LogP contribution is -2.39. The SMILES string of the molecule is O=C(CC(c1ccc([N+](=O)[O-])cc1)N1C(=O)C2C3C=CC(C3)C2C1=O)NCc1ccccc1. The average molecular weight is 445 g/mol. The van der Waals surface area contributed by atoms with E-state index in [2.05, 4.69) is 5.32 Å². The average Bonchev–Trinajstić information content (AvgIpc) is 3.51. The molecule has 5 unspecified atom stereocenters. The Morgan fingerprint density at radius 2 is 1.61 bits per heavy atom. The van der Waals surface area contributed by atoms with Crippen LogP contribution in [0.4, 0.5) is 5.69 Å². The highest BCUT2D eigenvalue weighted by Gasteiger charge is 2.60. The standard InChI is InChI=1S/C25H23N3O5/c29-21(26-14-15-4-2-1-3-5-15)13-20(16-8-10-19(11-9-16)28(32)33)27-24(30)22-17-6-7-18(12-17)23(22)25(27)31/h1-11,17-18,20,22-23H,12-14H2,(H,26,29). The molecule has 5 rings (SSSR count). The van der Waals surface area contributed by atoms with Gasteiger partial charge in [-0.3, -0.25) is 29.4 Å². The number of imide groups is 1. The van der Waals surface area contributed by atoms with Gasteiger partial charge < -0.3 is 5.32 Å². The number of rotatable bonds is 7. The van der Waals surface area contributed by atoms with E-state index in [1.54, 1.807) is 0 Å². The molecule has 3 amide bonds. The monoisotopic (exact) mass is 445 g/mol. The van der Waals surface area contributed by atoms with E-state index in [4.69, 9.17) is 0 Å². The highest BCUT2D eigenvalue weighted by Crippen LogP contribution is 2.54. The summed E-state index contributed by atoms with van der Waals surface area (Å²) in [6.45, 7) is 0.327. The number of non-ortho nitro benzene ring substituents is 1. The summed E-state index contributed by atoms with van der Waals surface area (Å²) in [5, 5.41) is 13.9. The van der Waals surface area contributed by atoms with Crippen molar-refractivity contribution in [3.63, 3.8) is 0 Å². The Kier molecular flexibility index (Phi) is 5.28. The predicted octanol–water partition coefficient (Wildman–Crippen LogP) is 3.15. The third kappa shape index (κ3) is 3.71. The predicted molar refractivity (Wildman–Crippen MR) is 118 cm³/mol. The molecule has 2 aromatic rings. The number of allylic oxidation sites excluding steroid dienone is 2. The third-order valence-corrected chi connectivity index (χ3v) is 7.02. The number of fused-ring (bicyclic) bond motifs is 5. The van der Waals surface area contributed by atoms with Crippen LogP contribution in [0.2, 0.25) is 0 Å². The van der Waals surface area contributed by atoms with E-state index in [1.807, 2.05) is 42.5 Å². The fourth-order valence-corrected chi connectivity index (χ4v) is 5.45. The number of amides is 3. The molecule has 8 heteroatoms. The Hall–Kier alpha value is -3.81. The van der Waals surface area contributed by atoms with E-state index in [1.165, 1.54) is 29.2 Å². The molecule has 2 fully saturated rings. The number of nitro groups is 1. The quantitative estimate of drug-likeness (QED) is 0.305. The van der Waals surface area contributed by atoms with Gasteiger partial charge in [-0.05, 0) is 29.4 Å². The zero-order valence-corrected chi connectivity index (χ0v) is 17.8. The van der Waals surface area contributed by atoms with Gasteiger partial charge in [-0.2, -0.15) is 0 Å². The Labute approximate surface area is 190 Å². The molecule has 1 N–H and O–H groups in total. The number of carbonyl (C=O) groups is 3. The second-order valence-corrected chi connectivity index (χ2v) is 8.88. The van der Waals surface area contributed by atoms with Crippen LogP contribution >= 0.6 is 0 Å². The van der Waals surface area contributed by atoms with Crippen molar-refractivity contribution in [2.24, 2.45) is 23.7 Å². The first-order valence-corrected chi connectivity index (χ1v) is 11.0. The second kappa shape index (κ2) is 8.27. The van der Waals surface area contributed by atoms with Crippen molar-refractivity contribution in [1.82, 2.24) is 10.2 Å². The van der Waals surface area contributed by atoms with Crippen LogP contribution in [0.5, 0.6) is 0 Å². The largest absolute Gasteiger partial charge is 0.352 e. The lowest BCUT2D eigenvalue weighted by molar-refractivity contribution is -0.384. The Bertz CT molecular complexity index is 1110. The van der Waals surface area contributed by atoms with E-state index < -0.39 is 11.0 Å². The van der Waals surface area contributed by atoms with E-state index in [0.717, 1.165) is 12.0 Å². The maximum absolute atomic E-state index is 13.4. The van der Waals surface area contributed by atoms with Gasteiger partial charge in [-0.25, -0.2) is 0 Å². The zero-order chi connectivity index (χ0) is 23.1. The summed E-state index contributed by atoms with van der Waals surface area (Å²) in [7, 11) is 0. The van der Waals surface area contributed by atoms with Crippen molar-refractivity contribution in [3.8, 4) is 0 Å². The summed E-state index contributed by atoms with van der Waals surface area (Å²) in [5.74, 6) is -1.43. The molecule has 1 aliphatic heterocycles. The van der Waals surface area contributed by atoms with Crippen molar-refractivity contribution in [1.29, 1.82) is 0 Å². The van der Waals surface area contributed by atoms with E-state index in [0.29, 0.717) is 12.1 Å². The fourth-order valence-electron chi connectivity index (χ4n) is 5.45. The summed E-state index contributed by atoms with van der Waals surface area (Å²) in [4.78, 5) is 51.4. The van der Waals surface area contributed by atoms with Crippen LogP contribution < -0.4 is 5.32 Å². The van der Waals surface area contributed by atoms with Gasteiger partial charge in [0.1, 0.15) is 0 Å². The number of hydrogen-bond donors (Lipinski definition) is 1. The maximum atomic E-state index is 13.4. The van der Waals surface area contributed by atoms with Crippen molar-refractivity contribution in [2.45, 2.75) is 25.4 Å². The van der Waals surface area contributed by atoms with E-state index in [-0.39, 0.29) is 53.5 Å². The molecular weight excluding hydrogens is 422 g/mol. The number of benzene rings is 2. The number of nitro benzene ring substituents is 1. The van der Waals surface area contributed by atoms with Gasteiger partial charge in [0.25, 0.3) is 5.69 Å². The molecule has 1 saturated carbocycles. The molecule has 2 aliphatic carbocycles. The van der Waals surface area contributed by atoms with Gasteiger partial charge >= 0.3 is 0 Å². The van der Waals surface area contributed by atoms with Crippen LogP contribution in [-0.2, 0) is 20.9 Å². The lowest BCUT2D eigenvalue weighted by atomic mass is 9.85. The first kappa shape index (κ1) is 21.1. The highest BCUT2D eigenvalue weighted by molar-refractivity contribution is 6.07. The summed E-state index contributed by atoms with van der Waals surface area (Å²) < 4.78 is 0. The first-order chi connectivity index (χ1) is 15.9. The number of hydrogen-bond acceptors (Lipinski definition) is 5. The fraction of sp³-hybridized carbons (Fsp3) is 0.320. The summed E-state index contributed by atoms with van der Waals surface area (Å²) >= 11 is 0. The second-order valence-electron chi connectivity index (χ2n) is 8.88. The Balaban J connectivity index is 1.40. The van der Waals surface area contributed by atoms with Crippen molar-refractivity contribution in [3.05, 3.63) is 88.0 Å². The molecule has 1 heterocycles. The zero-order valence-electron chi connectivity index (χ0n) is 17.8. The number of carbonyl (C=O) groups excluding carboxylic acids is 3. The van der Waals surface area contributed by atoms with Crippen molar-refractivity contribution >= 4 is 23.4 Å². The third-order valence-electron chi connectivity index (χ3n) is 7.02. The molecule has 0 spiro atoms. The number of nitrogens with one attached hydrogen (secondary N) is 1. The van der Waals surface area contributed by atoms with Gasteiger partial charge in [0.15, 0.2) is 0 Å². The van der Waals surface area contributed by atoms with Gasteiger partial charge in [-0.15, -0.1) is 0 Å². The van der Waals surface area contributed by atoms with Crippen molar-refractivity contribution < 1.29 is 19.3 Å². The van der Waals surface area contributed by atoms with Crippen LogP contribution in [0.15, 0.2) is 66.7 Å². The smallest absolute Gasteiger partial charge is 0.269 e. The van der Waals surface area contributed by atoms with Gasteiger partial charge in [0.05, 0.1) is 29.2 Å². The Morgan fingerprint density at radius 3 is 2.18 bits per heavy atom. The molecule has 33 heavy (non-hydrogen) atoms. The lowest BCUT2D eigenvalue weighted by Gasteiger charge is -2.28.